The van der Waals surface area contributed by atoms with E-state index in [4.69, 9.17) is 4.74 Å². The zero-order valence-electron chi connectivity index (χ0n) is 21.9. The lowest BCUT2D eigenvalue weighted by atomic mass is 9.59. The molecule has 1 saturated heterocycles. The van der Waals surface area contributed by atoms with Crippen LogP contribution in [0.1, 0.15) is 70.3 Å². The number of benzene rings is 1. The number of aromatic hydroxyl groups is 1. The van der Waals surface area contributed by atoms with Crippen LogP contribution in [0.5, 0.6) is 11.5 Å². The topological polar surface area (TPSA) is 101 Å². The first-order valence-electron chi connectivity index (χ1n) is 13.8. The molecule has 1 aliphatic heterocycles. The van der Waals surface area contributed by atoms with Crippen LogP contribution < -0.4 is 4.74 Å². The van der Waals surface area contributed by atoms with Crippen LogP contribution in [-0.2, 0) is 19.2 Å². The minimum absolute atomic E-state index is 0.00309. The Balaban J connectivity index is 1.46. The number of ether oxygens (including phenoxy) is 1. The molecular formula is C31H33NO6. The summed E-state index contributed by atoms with van der Waals surface area (Å²) in [6, 6.07) is 4.99. The molecule has 0 spiro atoms. The van der Waals surface area contributed by atoms with Gasteiger partial charge in [-0.25, -0.2) is 0 Å². The number of phenols is 1. The number of carbonyl (C=O) groups is 4. The Morgan fingerprint density at radius 3 is 2.53 bits per heavy atom. The Labute approximate surface area is 222 Å². The minimum Gasteiger partial charge on any atom is -0.504 e. The lowest BCUT2D eigenvalue weighted by Gasteiger charge is -2.42. The molecule has 4 aliphatic carbocycles. The van der Waals surface area contributed by atoms with Gasteiger partial charge in [-0.05, 0) is 69.2 Å². The van der Waals surface area contributed by atoms with Crippen molar-refractivity contribution >= 4 is 23.4 Å². The van der Waals surface area contributed by atoms with E-state index >= 15 is 0 Å². The molecule has 1 aromatic rings. The number of hydrogen-bond acceptors (Lipinski definition) is 6. The van der Waals surface area contributed by atoms with E-state index in [1.807, 2.05) is 13.0 Å². The highest BCUT2D eigenvalue weighted by molar-refractivity contribution is 6.23. The Hall–Kier alpha value is -3.48. The summed E-state index contributed by atoms with van der Waals surface area (Å²) in [4.78, 5) is 55.9. The fraction of sp³-hybridized carbons (Fsp3) is 0.484. The van der Waals surface area contributed by atoms with Crippen molar-refractivity contribution in [2.45, 2.75) is 70.8 Å². The molecule has 2 fully saturated rings. The third-order valence-corrected chi connectivity index (χ3v) is 9.16. The van der Waals surface area contributed by atoms with Gasteiger partial charge in [-0.1, -0.05) is 37.0 Å². The van der Waals surface area contributed by atoms with Gasteiger partial charge in [0.05, 0.1) is 18.4 Å². The van der Waals surface area contributed by atoms with Crippen molar-refractivity contribution < 1.29 is 29.0 Å². The molecule has 38 heavy (non-hydrogen) atoms. The molecule has 0 unspecified atom stereocenters. The number of nitrogens with zero attached hydrogens (tertiary/aromatic N) is 1. The molecule has 7 nitrogen and oxygen atoms in total. The number of carbonyl (C=O) groups excluding carboxylic acids is 4. The van der Waals surface area contributed by atoms with Gasteiger partial charge in [-0.15, -0.1) is 0 Å². The van der Waals surface area contributed by atoms with Gasteiger partial charge in [0, 0.05) is 28.7 Å². The molecule has 2 amide bonds. The fourth-order valence-corrected chi connectivity index (χ4v) is 7.45. The highest BCUT2D eigenvalue weighted by Crippen LogP contribution is 2.56. The van der Waals surface area contributed by atoms with Gasteiger partial charge >= 0.3 is 0 Å². The van der Waals surface area contributed by atoms with Gasteiger partial charge < -0.3 is 9.84 Å². The second-order valence-electron chi connectivity index (χ2n) is 11.2. The van der Waals surface area contributed by atoms with Crippen molar-refractivity contribution in [2.75, 3.05) is 6.61 Å². The SMILES string of the molecule is CCOc1cc([C@H]2C3=CC[C@@H]4C(=O)N(C5CCCCC5)C(=O)[C@@H]4[C@@H]3CC3=C2C(=O)C(C)=CC3=O)ccc1O. The number of Topliss-reactive ketones (excluding diaryl/α,β-unsaturated/α-hetero) is 1. The predicted octanol–water partition coefficient (Wildman–Crippen LogP) is 4.55. The molecule has 0 radical (unpaired) electrons. The van der Waals surface area contributed by atoms with Gasteiger partial charge in [-0.2, -0.15) is 0 Å². The summed E-state index contributed by atoms with van der Waals surface area (Å²) < 4.78 is 5.64. The number of allylic oxidation sites excluding steroid dienone is 6. The third-order valence-electron chi connectivity index (χ3n) is 9.16. The van der Waals surface area contributed by atoms with Crippen molar-refractivity contribution in [1.29, 1.82) is 0 Å². The molecule has 4 atom stereocenters. The third kappa shape index (κ3) is 3.69. The smallest absolute Gasteiger partial charge is 0.233 e. The van der Waals surface area contributed by atoms with E-state index in [2.05, 4.69) is 0 Å². The summed E-state index contributed by atoms with van der Waals surface area (Å²) in [5.41, 5.74) is 2.93. The Morgan fingerprint density at radius 1 is 1.03 bits per heavy atom. The number of ketones is 2. The molecule has 0 bridgehead atoms. The Kier molecular flexibility index (Phi) is 6.12. The highest BCUT2D eigenvalue weighted by Gasteiger charge is 2.57. The monoisotopic (exact) mass is 515 g/mol. The summed E-state index contributed by atoms with van der Waals surface area (Å²) in [5.74, 6) is -2.10. The van der Waals surface area contributed by atoms with Crippen LogP contribution in [0.2, 0.25) is 0 Å². The first kappa shape index (κ1) is 24.8. The zero-order chi connectivity index (χ0) is 26.7. The zero-order valence-corrected chi connectivity index (χ0v) is 21.9. The van der Waals surface area contributed by atoms with Crippen LogP contribution in [0.4, 0.5) is 0 Å². The van der Waals surface area contributed by atoms with Crippen LogP contribution in [0.15, 0.2) is 52.6 Å². The van der Waals surface area contributed by atoms with Crippen LogP contribution >= 0.6 is 0 Å². The van der Waals surface area contributed by atoms with Gasteiger partial charge in [0.2, 0.25) is 11.8 Å². The summed E-state index contributed by atoms with van der Waals surface area (Å²) in [6.07, 6.45) is 9.03. The number of hydrogen-bond donors (Lipinski definition) is 1. The molecular weight excluding hydrogens is 482 g/mol. The molecule has 7 heteroatoms. The fourth-order valence-electron chi connectivity index (χ4n) is 7.45. The van der Waals surface area contributed by atoms with Crippen LogP contribution in [0.25, 0.3) is 0 Å². The number of likely N-dealkylation sites (tertiary alicyclic amines) is 1. The number of fused-ring (bicyclic) bond motifs is 3. The van der Waals surface area contributed by atoms with Gasteiger partial charge in [0.25, 0.3) is 0 Å². The first-order valence-corrected chi connectivity index (χ1v) is 13.8. The van der Waals surface area contributed by atoms with Gasteiger partial charge in [-0.3, -0.25) is 24.1 Å². The summed E-state index contributed by atoms with van der Waals surface area (Å²) in [7, 11) is 0. The van der Waals surface area contributed by atoms with Crippen molar-refractivity contribution in [3.05, 3.63) is 58.2 Å². The van der Waals surface area contributed by atoms with Crippen molar-refractivity contribution in [2.24, 2.45) is 17.8 Å². The molecule has 198 valence electrons. The second-order valence-corrected chi connectivity index (χ2v) is 11.2. The molecule has 6 rings (SSSR count). The minimum atomic E-state index is -0.545. The normalized spacial score (nSPS) is 29.6. The lowest BCUT2D eigenvalue weighted by molar-refractivity contribution is -0.143. The first-order chi connectivity index (χ1) is 18.3. The largest absolute Gasteiger partial charge is 0.504 e. The van der Waals surface area contributed by atoms with Crippen molar-refractivity contribution in [1.82, 2.24) is 4.90 Å². The molecule has 1 aromatic carbocycles. The average Bonchev–Trinajstić information content (AvgIpc) is 3.18. The molecule has 5 aliphatic rings. The molecule has 0 aromatic heterocycles. The molecule has 1 heterocycles. The quantitative estimate of drug-likeness (QED) is 0.359. The van der Waals surface area contributed by atoms with Crippen molar-refractivity contribution in [3.63, 3.8) is 0 Å². The Bertz CT molecular complexity index is 1340. The van der Waals surface area contributed by atoms with E-state index in [1.54, 1.807) is 30.0 Å². The number of phenolic OH excluding ortho intramolecular Hbond substituents is 1. The van der Waals surface area contributed by atoms with E-state index in [0.29, 0.717) is 35.5 Å². The standard InChI is InChI=1S/C31H33NO6/c1-3-38-25-14-17(9-12-23(25)33)26-19-10-11-20-27(31(37)32(30(20)36)18-7-5-4-6-8-18)21(19)15-22-24(34)13-16(2)29(35)28(22)26/h9-10,12-14,18,20-21,26-27,33H,3-8,11,15H2,1-2H3/t20-,21+,26-,27-/m0/s1. The maximum absolute atomic E-state index is 13.9. The van der Waals surface area contributed by atoms with Crippen LogP contribution in [0, 0.1) is 17.8 Å². The number of imide groups is 1. The number of rotatable bonds is 4. The summed E-state index contributed by atoms with van der Waals surface area (Å²) in [6.45, 7) is 3.84. The van der Waals surface area contributed by atoms with Crippen LogP contribution in [-0.4, -0.2) is 46.0 Å². The maximum Gasteiger partial charge on any atom is 0.233 e. The predicted molar refractivity (Wildman–Crippen MR) is 139 cm³/mol. The number of amides is 2. The highest BCUT2D eigenvalue weighted by atomic mass is 16.5. The average molecular weight is 516 g/mol. The van der Waals surface area contributed by atoms with Crippen LogP contribution in [0.3, 0.4) is 0 Å². The Morgan fingerprint density at radius 2 is 1.79 bits per heavy atom. The van der Waals surface area contributed by atoms with E-state index in [-0.39, 0.29) is 47.5 Å². The van der Waals surface area contributed by atoms with E-state index in [0.717, 1.165) is 43.2 Å². The molecule has 1 saturated carbocycles. The van der Waals surface area contributed by atoms with Gasteiger partial charge in [0.15, 0.2) is 23.1 Å². The summed E-state index contributed by atoms with van der Waals surface area (Å²) >= 11 is 0. The summed E-state index contributed by atoms with van der Waals surface area (Å²) in [5, 5.41) is 10.3. The second kappa shape index (κ2) is 9.37. The van der Waals surface area contributed by atoms with Crippen molar-refractivity contribution in [3.8, 4) is 11.5 Å². The lowest BCUT2D eigenvalue weighted by Crippen LogP contribution is -2.43. The van der Waals surface area contributed by atoms with E-state index in [1.165, 1.54) is 6.08 Å². The molecule has 1 N–H and O–H groups in total. The van der Waals surface area contributed by atoms with E-state index < -0.39 is 17.8 Å². The maximum atomic E-state index is 13.9. The van der Waals surface area contributed by atoms with E-state index in [9.17, 15) is 24.3 Å². The van der Waals surface area contributed by atoms with Gasteiger partial charge in [0.1, 0.15) is 0 Å².